The summed E-state index contributed by atoms with van der Waals surface area (Å²) in [6.07, 6.45) is 1.06. The van der Waals surface area contributed by atoms with E-state index in [4.69, 9.17) is 18.6 Å². The largest absolute Gasteiger partial charge is 0.486 e. The molecule has 0 spiro atoms. The number of nitrogens with zero attached hydrogens (tertiary/aromatic N) is 3. The van der Waals surface area contributed by atoms with Gasteiger partial charge in [0.1, 0.15) is 12.4 Å². The van der Waals surface area contributed by atoms with Crippen molar-refractivity contribution in [1.29, 1.82) is 0 Å². The fourth-order valence-electron chi connectivity index (χ4n) is 3.04. The van der Waals surface area contributed by atoms with Crippen LogP contribution in [0, 0.1) is 0 Å². The highest BCUT2D eigenvalue weighted by atomic mass is 16.6. The van der Waals surface area contributed by atoms with E-state index in [0.717, 1.165) is 11.3 Å². The smallest absolute Gasteiger partial charge is 0.260 e. The van der Waals surface area contributed by atoms with Gasteiger partial charge in [-0.05, 0) is 43.3 Å². The molecule has 1 aromatic heterocycles. The summed E-state index contributed by atoms with van der Waals surface area (Å²) in [4.78, 5) is 14.3. The molecule has 1 atom stereocenters. The van der Waals surface area contributed by atoms with Crippen LogP contribution in [0.1, 0.15) is 6.92 Å². The molecular weight excluding hydrogens is 374 g/mol. The van der Waals surface area contributed by atoms with E-state index in [1.807, 2.05) is 31.2 Å². The maximum atomic E-state index is 12.6. The summed E-state index contributed by atoms with van der Waals surface area (Å²) >= 11 is 0. The molecule has 4 rings (SSSR count). The van der Waals surface area contributed by atoms with E-state index in [1.54, 1.807) is 29.2 Å². The second-order valence-electron chi connectivity index (χ2n) is 6.49. The van der Waals surface area contributed by atoms with Crippen LogP contribution in [0.2, 0.25) is 0 Å². The van der Waals surface area contributed by atoms with Gasteiger partial charge in [0.05, 0.1) is 6.54 Å². The maximum absolute atomic E-state index is 12.6. The van der Waals surface area contributed by atoms with E-state index in [2.05, 4.69) is 10.2 Å². The molecule has 0 radical (unpaired) electrons. The second-order valence-corrected chi connectivity index (χ2v) is 6.49. The van der Waals surface area contributed by atoms with E-state index in [9.17, 15) is 4.79 Å². The average molecular weight is 395 g/mol. The van der Waals surface area contributed by atoms with Gasteiger partial charge in [0, 0.05) is 12.1 Å². The molecule has 1 aliphatic rings. The number of amides is 1. The molecule has 0 bridgehead atoms. The normalized spacial score (nSPS) is 15.0. The van der Waals surface area contributed by atoms with Crippen molar-refractivity contribution in [3.63, 3.8) is 0 Å². The van der Waals surface area contributed by atoms with Crippen LogP contribution < -0.4 is 14.2 Å². The third kappa shape index (κ3) is 4.48. The van der Waals surface area contributed by atoms with Crippen LogP contribution in [0.5, 0.6) is 17.2 Å². The van der Waals surface area contributed by atoms with Crippen LogP contribution in [0.4, 0.5) is 0 Å². The van der Waals surface area contributed by atoms with Gasteiger partial charge in [0.15, 0.2) is 24.2 Å². The second kappa shape index (κ2) is 8.64. The molecule has 0 unspecified atom stereocenters. The number of carbonyl (C=O) groups is 1. The van der Waals surface area contributed by atoms with Crippen molar-refractivity contribution < 1.29 is 23.4 Å². The van der Waals surface area contributed by atoms with Crippen molar-refractivity contribution in [2.45, 2.75) is 13.0 Å². The highest BCUT2D eigenvalue weighted by Gasteiger charge is 2.25. The molecule has 29 heavy (non-hydrogen) atoms. The zero-order valence-corrected chi connectivity index (χ0v) is 16.0. The van der Waals surface area contributed by atoms with Crippen molar-refractivity contribution >= 4 is 5.91 Å². The fraction of sp³-hybridized carbons (Fsp3) is 0.286. The van der Waals surface area contributed by atoms with Gasteiger partial charge in [0.25, 0.3) is 5.91 Å². The Bertz CT molecular complexity index is 943. The zero-order valence-electron chi connectivity index (χ0n) is 16.0. The van der Waals surface area contributed by atoms with Crippen LogP contribution in [0.15, 0.2) is 59.3 Å². The number of para-hydroxylation sites is 2. The van der Waals surface area contributed by atoms with Gasteiger partial charge in [-0.2, -0.15) is 0 Å². The average Bonchev–Trinajstić information content (AvgIpc) is 3.31. The molecule has 0 N–H and O–H groups in total. The van der Waals surface area contributed by atoms with Gasteiger partial charge >= 0.3 is 0 Å². The third-order valence-electron chi connectivity index (χ3n) is 4.55. The van der Waals surface area contributed by atoms with Crippen molar-refractivity contribution in [2.75, 3.05) is 26.3 Å². The Morgan fingerprint density at radius 1 is 1.17 bits per heavy atom. The quantitative estimate of drug-likeness (QED) is 0.608. The summed E-state index contributed by atoms with van der Waals surface area (Å²) in [5.74, 6) is 2.33. The van der Waals surface area contributed by atoms with E-state index in [-0.39, 0.29) is 18.6 Å². The van der Waals surface area contributed by atoms with E-state index in [1.165, 1.54) is 6.39 Å². The summed E-state index contributed by atoms with van der Waals surface area (Å²) in [7, 11) is 0. The van der Waals surface area contributed by atoms with Crippen LogP contribution in [-0.2, 0) is 4.79 Å². The lowest BCUT2D eigenvalue weighted by Crippen LogP contribution is -2.45. The zero-order chi connectivity index (χ0) is 20.1. The molecule has 0 saturated heterocycles. The Labute approximate surface area is 168 Å². The van der Waals surface area contributed by atoms with Gasteiger partial charge in [-0.25, -0.2) is 0 Å². The number of hydrogen-bond donors (Lipinski definition) is 0. The van der Waals surface area contributed by atoms with Crippen molar-refractivity contribution in [3.8, 4) is 28.7 Å². The summed E-state index contributed by atoms with van der Waals surface area (Å²) in [6, 6.07) is 14.6. The molecule has 0 fully saturated rings. The molecule has 1 amide bonds. The Morgan fingerprint density at radius 3 is 2.69 bits per heavy atom. The van der Waals surface area contributed by atoms with Gasteiger partial charge in [-0.15, -0.1) is 10.2 Å². The van der Waals surface area contributed by atoms with Gasteiger partial charge in [-0.1, -0.05) is 12.1 Å². The molecule has 8 nitrogen and oxygen atoms in total. The summed E-state index contributed by atoms with van der Waals surface area (Å²) in [6.45, 7) is 3.26. The molecule has 150 valence electrons. The van der Waals surface area contributed by atoms with Crippen molar-refractivity contribution in [2.24, 2.45) is 0 Å². The SMILES string of the molecule is CCN(C[C@@H]1COc2ccccc2O1)C(=O)COc1ccc(-c2nnco2)cc1. The lowest BCUT2D eigenvalue weighted by atomic mass is 10.2. The first kappa shape index (κ1) is 18.8. The van der Waals surface area contributed by atoms with Crippen LogP contribution in [-0.4, -0.2) is 53.4 Å². The van der Waals surface area contributed by atoms with E-state index >= 15 is 0 Å². The molecule has 0 aliphatic carbocycles. The maximum Gasteiger partial charge on any atom is 0.260 e. The molecule has 3 aromatic rings. The number of ether oxygens (including phenoxy) is 3. The summed E-state index contributed by atoms with van der Waals surface area (Å²) < 4.78 is 22.5. The number of aromatic nitrogens is 2. The van der Waals surface area contributed by atoms with Crippen LogP contribution in [0.25, 0.3) is 11.5 Å². The Hall–Kier alpha value is -3.55. The molecule has 1 aliphatic heterocycles. The topological polar surface area (TPSA) is 86.9 Å². The van der Waals surface area contributed by atoms with Crippen molar-refractivity contribution in [1.82, 2.24) is 15.1 Å². The number of carbonyl (C=O) groups excluding carboxylic acids is 1. The number of hydrogen-bond acceptors (Lipinski definition) is 7. The van der Waals surface area contributed by atoms with Crippen LogP contribution in [0.3, 0.4) is 0 Å². The summed E-state index contributed by atoms with van der Waals surface area (Å²) in [5.41, 5.74) is 0.783. The third-order valence-corrected chi connectivity index (χ3v) is 4.55. The van der Waals surface area contributed by atoms with Gasteiger partial charge in [0.2, 0.25) is 12.3 Å². The summed E-state index contributed by atoms with van der Waals surface area (Å²) in [5, 5.41) is 7.51. The number of fused-ring (bicyclic) bond motifs is 1. The Balaban J connectivity index is 1.30. The molecule has 2 aromatic carbocycles. The van der Waals surface area contributed by atoms with Crippen LogP contribution >= 0.6 is 0 Å². The minimum Gasteiger partial charge on any atom is -0.486 e. The standard InChI is InChI=1S/C21H21N3O5/c1-2-24(11-17-12-27-18-5-3-4-6-19(18)29-17)20(25)13-26-16-9-7-15(8-10-16)21-23-22-14-28-21/h3-10,14,17H,2,11-13H2,1H3/t17-/m1/s1. The van der Waals surface area contributed by atoms with Gasteiger partial charge < -0.3 is 23.5 Å². The number of benzene rings is 2. The lowest BCUT2D eigenvalue weighted by Gasteiger charge is -2.30. The minimum atomic E-state index is -0.220. The minimum absolute atomic E-state index is 0.0576. The van der Waals surface area contributed by atoms with E-state index < -0.39 is 0 Å². The molecule has 2 heterocycles. The monoisotopic (exact) mass is 395 g/mol. The highest BCUT2D eigenvalue weighted by Crippen LogP contribution is 2.31. The Kier molecular flexibility index (Phi) is 5.60. The molecule has 0 saturated carbocycles. The predicted molar refractivity (Wildman–Crippen MR) is 104 cm³/mol. The lowest BCUT2D eigenvalue weighted by molar-refractivity contribution is -0.134. The van der Waals surface area contributed by atoms with Crippen molar-refractivity contribution in [3.05, 3.63) is 54.9 Å². The molecular formula is C21H21N3O5. The first-order valence-electron chi connectivity index (χ1n) is 9.38. The predicted octanol–water partition coefficient (Wildman–Crippen LogP) is 2.80. The highest BCUT2D eigenvalue weighted by molar-refractivity contribution is 5.77. The Morgan fingerprint density at radius 2 is 1.97 bits per heavy atom. The first-order valence-corrected chi connectivity index (χ1v) is 9.38. The van der Waals surface area contributed by atoms with E-state index in [0.29, 0.717) is 37.1 Å². The molecule has 8 heteroatoms. The fourth-order valence-corrected chi connectivity index (χ4v) is 3.04. The van der Waals surface area contributed by atoms with Gasteiger partial charge in [-0.3, -0.25) is 4.79 Å². The number of likely N-dealkylation sites (N-methyl/N-ethyl adjacent to an activating group) is 1. The first-order chi connectivity index (χ1) is 14.2. The number of rotatable bonds is 7.